The Balaban J connectivity index is 1.64. The first-order valence-electron chi connectivity index (χ1n) is 10.7. The first-order valence-corrected chi connectivity index (χ1v) is 10.7. The molecular weight excluding hydrogens is 372 g/mol. The molecule has 4 rings (SSSR count). The van der Waals surface area contributed by atoms with Gasteiger partial charge >= 0.3 is 0 Å². The Hall–Kier alpha value is -3.27. The van der Waals surface area contributed by atoms with Crippen LogP contribution in [0.4, 0.5) is 11.4 Å². The highest BCUT2D eigenvalue weighted by atomic mass is 16.5. The second-order valence-electron chi connectivity index (χ2n) is 7.73. The van der Waals surface area contributed by atoms with Crippen molar-refractivity contribution in [1.29, 1.82) is 0 Å². The molecule has 1 heterocycles. The Kier molecular flexibility index (Phi) is 6.03. The third-order valence-electron chi connectivity index (χ3n) is 5.45. The number of unbranched alkanes of at least 4 members (excludes halogenated alkanes) is 2. The third-order valence-corrected chi connectivity index (χ3v) is 5.45. The minimum absolute atomic E-state index is 0.00176. The van der Waals surface area contributed by atoms with E-state index in [2.05, 4.69) is 12.2 Å². The first kappa shape index (κ1) is 20.0. The van der Waals surface area contributed by atoms with E-state index in [0.29, 0.717) is 5.56 Å². The molecule has 0 radical (unpaired) electrons. The van der Waals surface area contributed by atoms with Gasteiger partial charge in [0.25, 0.3) is 5.91 Å². The second-order valence-corrected chi connectivity index (χ2v) is 7.73. The van der Waals surface area contributed by atoms with Crippen molar-refractivity contribution in [3.63, 3.8) is 0 Å². The van der Waals surface area contributed by atoms with E-state index in [1.807, 2.05) is 84.6 Å². The summed E-state index contributed by atoms with van der Waals surface area (Å²) in [4.78, 5) is 15.2. The molecule has 0 aromatic heterocycles. The van der Waals surface area contributed by atoms with Crippen molar-refractivity contribution >= 4 is 17.3 Å². The quantitative estimate of drug-likeness (QED) is 0.471. The molecule has 1 aliphatic heterocycles. The van der Waals surface area contributed by atoms with Gasteiger partial charge in [-0.15, -0.1) is 0 Å². The predicted octanol–water partition coefficient (Wildman–Crippen LogP) is 6.34. The number of hydrogen-bond donors (Lipinski definition) is 1. The third kappa shape index (κ3) is 4.18. The lowest BCUT2D eigenvalue weighted by Gasteiger charge is -2.38. The number of hydrogen-bond acceptors (Lipinski definition) is 3. The largest absolute Gasteiger partial charge is 0.494 e. The lowest BCUT2D eigenvalue weighted by atomic mass is 10.0. The summed E-state index contributed by atoms with van der Waals surface area (Å²) in [6, 6.07) is 23.8. The maximum Gasteiger partial charge on any atom is 0.262 e. The highest BCUT2D eigenvalue weighted by Gasteiger charge is 2.33. The number of amides is 1. The van der Waals surface area contributed by atoms with E-state index in [1.165, 1.54) is 12.8 Å². The summed E-state index contributed by atoms with van der Waals surface area (Å²) in [6.07, 6.45) is 3.13. The average Bonchev–Trinajstić information content (AvgIpc) is 2.78. The molecule has 1 atom stereocenters. The van der Waals surface area contributed by atoms with Gasteiger partial charge in [-0.25, -0.2) is 0 Å². The fourth-order valence-electron chi connectivity index (χ4n) is 3.75. The number of fused-ring (bicyclic) bond motifs is 1. The van der Waals surface area contributed by atoms with Gasteiger partial charge in [0.1, 0.15) is 11.9 Å². The molecule has 4 nitrogen and oxygen atoms in total. The van der Waals surface area contributed by atoms with Gasteiger partial charge in [-0.2, -0.15) is 0 Å². The lowest BCUT2D eigenvalue weighted by molar-refractivity contribution is 0.0975. The Morgan fingerprint density at radius 1 is 0.933 bits per heavy atom. The molecule has 3 aromatic rings. The molecule has 0 spiro atoms. The standard InChI is InChI=1S/C26H28N2O2/c1-3-4-7-18-30-22-16-12-20(13-17-22)25-27-24-9-6-5-8-23(24)26(29)28(25)21-14-10-19(2)11-15-21/h5-6,8-17,25,27H,3-4,7,18H2,1-2H3. The predicted molar refractivity (Wildman–Crippen MR) is 122 cm³/mol. The molecule has 154 valence electrons. The molecule has 30 heavy (non-hydrogen) atoms. The van der Waals surface area contributed by atoms with E-state index in [-0.39, 0.29) is 12.1 Å². The minimum atomic E-state index is -0.288. The van der Waals surface area contributed by atoms with Crippen molar-refractivity contribution in [1.82, 2.24) is 0 Å². The normalized spacial score (nSPS) is 15.5. The molecule has 0 saturated heterocycles. The van der Waals surface area contributed by atoms with Crippen molar-refractivity contribution < 1.29 is 9.53 Å². The van der Waals surface area contributed by atoms with Crippen molar-refractivity contribution in [3.8, 4) is 5.75 Å². The number of nitrogens with zero attached hydrogens (tertiary/aromatic N) is 1. The van der Waals surface area contributed by atoms with Crippen molar-refractivity contribution in [2.24, 2.45) is 0 Å². The Bertz CT molecular complexity index is 996. The molecular formula is C26H28N2O2. The fourth-order valence-corrected chi connectivity index (χ4v) is 3.75. The Morgan fingerprint density at radius 3 is 2.40 bits per heavy atom. The van der Waals surface area contributed by atoms with Gasteiger partial charge in [0.2, 0.25) is 0 Å². The van der Waals surface area contributed by atoms with E-state index in [0.717, 1.165) is 41.3 Å². The van der Waals surface area contributed by atoms with Crippen LogP contribution in [0.15, 0.2) is 72.8 Å². The van der Waals surface area contributed by atoms with Crippen molar-refractivity contribution in [2.75, 3.05) is 16.8 Å². The maximum atomic E-state index is 13.4. The van der Waals surface area contributed by atoms with Crippen LogP contribution in [0.3, 0.4) is 0 Å². The molecule has 1 N–H and O–H groups in total. The van der Waals surface area contributed by atoms with Gasteiger partial charge in [-0.1, -0.05) is 61.7 Å². The topological polar surface area (TPSA) is 41.6 Å². The molecule has 0 aliphatic carbocycles. The summed E-state index contributed by atoms with van der Waals surface area (Å²) in [7, 11) is 0. The van der Waals surface area contributed by atoms with Crippen LogP contribution < -0.4 is 15.0 Å². The smallest absolute Gasteiger partial charge is 0.262 e. The van der Waals surface area contributed by atoms with Gasteiger partial charge in [-0.05, 0) is 55.3 Å². The highest BCUT2D eigenvalue weighted by molar-refractivity contribution is 6.12. The number of rotatable bonds is 7. The van der Waals surface area contributed by atoms with E-state index in [4.69, 9.17) is 4.74 Å². The van der Waals surface area contributed by atoms with Crippen LogP contribution >= 0.6 is 0 Å². The maximum absolute atomic E-state index is 13.4. The van der Waals surface area contributed by atoms with Crippen LogP contribution in [0.5, 0.6) is 5.75 Å². The summed E-state index contributed by atoms with van der Waals surface area (Å²) >= 11 is 0. The average molecular weight is 401 g/mol. The Morgan fingerprint density at radius 2 is 1.67 bits per heavy atom. The van der Waals surface area contributed by atoms with E-state index in [1.54, 1.807) is 0 Å². The van der Waals surface area contributed by atoms with Gasteiger partial charge in [0.15, 0.2) is 0 Å². The molecule has 3 aromatic carbocycles. The number of nitrogens with one attached hydrogen (secondary N) is 1. The minimum Gasteiger partial charge on any atom is -0.494 e. The molecule has 0 fully saturated rings. The highest BCUT2D eigenvalue weighted by Crippen LogP contribution is 2.37. The first-order chi connectivity index (χ1) is 14.7. The van der Waals surface area contributed by atoms with Crippen molar-refractivity contribution in [3.05, 3.63) is 89.5 Å². The molecule has 0 saturated carbocycles. The number of para-hydroxylation sites is 1. The zero-order valence-electron chi connectivity index (χ0n) is 17.6. The Labute approximate surface area is 178 Å². The second kappa shape index (κ2) is 9.04. The van der Waals surface area contributed by atoms with E-state index < -0.39 is 0 Å². The molecule has 0 bridgehead atoms. The van der Waals surface area contributed by atoms with Gasteiger partial charge < -0.3 is 10.1 Å². The summed E-state index contributed by atoms with van der Waals surface area (Å²) in [5.74, 6) is 0.859. The fraction of sp³-hybridized carbons (Fsp3) is 0.269. The summed E-state index contributed by atoms with van der Waals surface area (Å²) < 4.78 is 5.85. The van der Waals surface area contributed by atoms with E-state index >= 15 is 0 Å². The van der Waals surface area contributed by atoms with Crippen LogP contribution in [-0.4, -0.2) is 12.5 Å². The van der Waals surface area contributed by atoms with Crippen LogP contribution in [0.1, 0.15) is 53.8 Å². The number of carbonyl (C=O) groups is 1. The molecule has 1 amide bonds. The number of anilines is 2. The molecule has 4 heteroatoms. The number of carbonyl (C=O) groups excluding carboxylic acids is 1. The van der Waals surface area contributed by atoms with E-state index in [9.17, 15) is 4.79 Å². The number of aryl methyl sites for hydroxylation is 1. The zero-order valence-corrected chi connectivity index (χ0v) is 17.6. The molecule has 1 aliphatic rings. The summed E-state index contributed by atoms with van der Waals surface area (Å²) in [6.45, 7) is 4.97. The van der Waals surface area contributed by atoms with Crippen LogP contribution in [0, 0.1) is 6.92 Å². The SMILES string of the molecule is CCCCCOc1ccc(C2Nc3ccccc3C(=O)N2c2ccc(C)cc2)cc1. The van der Waals surface area contributed by atoms with Gasteiger partial charge in [0.05, 0.1) is 12.2 Å². The van der Waals surface area contributed by atoms with Crippen molar-refractivity contribution in [2.45, 2.75) is 39.3 Å². The molecule has 1 unspecified atom stereocenters. The monoisotopic (exact) mass is 400 g/mol. The zero-order chi connectivity index (χ0) is 20.9. The summed E-state index contributed by atoms with van der Waals surface area (Å²) in [5, 5.41) is 3.55. The van der Waals surface area contributed by atoms with Crippen LogP contribution in [0.2, 0.25) is 0 Å². The number of benzene rings is 3. The number of ether oxygens (including phenoxy) is 1. The van der Waals surface area contributed by atoms with Gasteiger partial charge in [0, 0.05) is 11.4 Å². The van der Waals surface area contributed by atoms with Gasteiger partial charge in [-0.3, -0.25) is 9.69 Å². The van der Waals surface area contributed by atoms with Crippen LogP contribution in [-0.2, 0) is 0 Å². The van der Waals surface area contributed by atoms with Crippen LogP contribution in [0.25, 0.3) is 0 Å². The lowest BCUT2D eigenvalue weighted by Crippen LogP contribution is -2.43. The summed E-state index contributed by atoms with van der Waals surface area (Å²) in [5.41, 5.74) is 4.59.